The Labute approximate surface area is 161 Å². The van der Waals surface area contributed by atoms with E-state index >= 15 is 0 Å². The normalized spacial score (nSPS) is 16.1. The van der Waals surface area contributed by atoms with Crippen molar-refractivity contribution >= 4 is 11.6 Å². The number of nitrogens with zero attached hydrogens (tertiary/aromatic N) is 2. The van der Waals surface area contributed by atoms with Gasteiger partial charge in [0.2, 0.25) is 5.91 Å². The van der Waals surface area contributed by atoms with Gasteiger partial charge < -0.3 is 15.3 Å². The van der Waals surface area contributed by atoms with Gasteiger partial charge in [0, 0.05) is 32.2 Å². The molecule has 2 aromatic rings. The third-order valence-electron chi connectivity index (χ3n) is 5.08. The van der Waals surface area contributed by atoms with E-state index < -0.39 is 0 Å². The summed E-state index contributed by atoms with van der Waals surface area (Å²) in [5, 5.41) is 13.1. The fourth-order valence-electron chi connectivity index (χ4n) is 3.50. The minimum atomic E-state index is 0.0894. The van der Waals surface area contributed by atoms with Crippen molar-refractivity contribution in [1.82, 2.24) is 10.2 Å². The average Bonchev–Trinajstić information content (AvgIpc) is 2.68. The number of hydrogen-bond donors (Lipinski definition) is 2. The van der Waals surface area contributed by atoms with Gasteiger partial charge >= 0.3 is 0 Å². The molecule has 0 aromatic heterocycles. The van der Waals surface area contributed by atoms with E-state index in [0.717, 1.165) is 44.7 Å². The van der Waals surface area contributed by atoms with Crippen LogP contribution < -0.4 is 10.2 Å². The zero-order valence-corrected chi connectivity index (χ0v) is 16.0. The maximum atomic E-state index is 12.3. The molecule has 27 heavy (non-hydrogen) atoms. The molecule has 1 aliphatic rings. The topological polar surface area (TPSA) is 55.8 Å². The molecule has 5 nitrogen and oxygen atoms in total. The van der Waals surface area contributed by atoms with Gasteiger partial charge in [-0.25, -0.2) is 0 Å². The van der Waals surface area contributed by atoms with E-state index in [-0.39, 0.29) is 11.9 Å². The number of aryl methyl sites for hydroxylation is 1. The Kier molecular flexibility index (Phi) is 6.71. The summed E-state index contributed by atoms with van der Waals surface area (Å²) in [5.41, 5.74) is 2.18. The predicted octanol–water partition coefficient (Wildman–Crippen LogP) is 2.65. The molecule has 0 aliphatic carbocycles. The van der Waals surface area contributed by atoms with Gasteiger partial charge in [0.15, 0.2) is 0 Å². The molecule has 1 fully saturated rings. The lowest BCUT2D eigenvalue weighted by molar-refractivity contribution is -0.122. The lowest BCUT2D eigenvalue weighted by Crippen LogP contribution is -2.50. The number of hydrogen-bond acceptors (Lipinski definition) is 4. The van der Waals surface area contributed by atoms with E-state index in [4.69, 9.17) is 0 Å². The summed E-state index contributed by atoms with van der Waals surface area (Å²) < 4.78 is 0. The number of para-hydroxylation sites is 2. The van der Waals surface area contributed by atoms with Crippen LogP contribution in [0.15, 0.2) is 54.6 Å². The number of rotatable bonds is 7. The third kappa shape index (κ3) is 5.73. The fourth-order valence-corrected chi connectivity index (χ4v) is 3.50. The van der Waals surface area contributed by atoms with E-state index in [9.17, 15) is 9.90 Å². The number of amides is 1. The lowest BCUT2D eigenvalue weighted by atomic mass is 10.1. The second-order valence-corrected chi connectivity index (χ2v) is 7.24. The van der Waals surface area contributed by atoms with E-state index in [1.165, 1.54) is 5.56 Å². The van der Waals surface area contributed by atoms with E-state index in [2.05, 4.69) is 34.2 Å². The summed E-state index contributed by atoms with van der Waals surface area (Å²) in [4.78, 5) is 16.7. The maximum Gasteiger partial charge on any atom is 0.234 e. The molecule has 1 amide bonds. The number of carbonyl (C=O) groups excluding carboxylic acids is 1. The standard InChI is InChI=1S/C22H29N3O2/c1-18(11-12-19-7-3-2-4-8-19)23-22(27)17-24-13-15-25(16-14-24)20-9-5-6-10-21(20)26/h2-10,18,26H,11-17H2,1H3,(H,23,27)/t18-/m0/s1. The Morgan fingerprint density at radius 1 is 1.04 bits per heavy atom. The summed E-state index contributed by atoms with van der Waals surface area (Å²) in [6, 6.07) is 18.0. The summed E-state index contributed by atoms with van der Waals surface area (Å²) in [5.74, 6) is 0.405. The van der Waals surface area contributed by atoms with Gasteiger partial charge in [-0.1, -0.05) is 42.5 Å². The highest BCUT2D eigenvalue weighted by atomic mass is 16.3. The van der Waals surface area contributed by atoms with E-state index in [1.807, 2.05) is 36.4 Å². The van der Waals surface area contributed by atoms with E-state index in [0.29, 0.717) is 12.3 Å². The van der Waals surface area contributed by atoms with Gasteiger partial charge in [0.05, 0.1) is 12.2 Å². The number of benzene rings is 2. The molecule has 3 rings (SSSR count). The molecular weight excluding hydrogens is 338 g/mol. The van der Waals surface area contributed by atoms with Crippen molar-refractivity contribution in [2.24, 2.45) is 0 Å². The third-order valence-corrected chi connectivity index (χ3v) is 5.08. The van der Waals surface area contributed by atoms with Crippen LogP contribution >= 0.6 is 0 Å². The largest absolute Gasteiger partial charge is 0.506 e. The van der Waals surface area contributed by atoms with Crippen LogP contribution in [0.2, 0.25) is 0 Å². The molecule has 0 unspecified atom stereocenters. The first-order valence-corrected chi connectivity index (χ1v) is 9.70. The van der Waals surface area contributed by atoms with Crippen molar-refractivity contribution in [1.29, 1.82) is 0 Å². The van der Waals surface area contributed by atoms with Crippen LogP contribution in [0, 0.1) is 0 Å². The van der Waals surface area contributed by atoms with Crippen LogP contribution in [0.3, 0.4) is 0 Å². The molecule has 144 valence electrons. The van der Waals surface area contributed by atoms with Crippen LogP contribution in [-0.2, 0) is 11.2 Å². The first-order valence-electron chi connectivity index (χ1n) is 9.70. The van der Waals surface area contributed by atoms with E-state index in [1.54, 1.807) is 6.07 Å². The Morgan fingerprint density at radius 3 is 2.41 bits per heavy atom. The average molecular weight is 367 g/mol. The smallest absolute Gasteiger partial charge is 0.234 e. The van der Waals surface area contributed by atoms with Crippen LogP contribution in [0.5, 0.6) is 5.75 Å². The minimum absolute atomic E-state index is 0.0894. The molecule has 2 aromatic carbocycles. The summed E-state index contributed by atoms with van der Waals surface area (Å²) in [7, 11) is 0. The summed E-state index contributed by atoms with van der Waals surface area (Å²) in [6.07, 6.45) is 1.92. The second kappa shape index (κ2) is 9.42. The van der Waals surface area contributed by atoms with Crippen LogP contribution in [0.1, 0.15) is 18.9 Å². The van der Waals surface area contributed by atoms with Crippen molar-refractivity contribution in [3.05, 3.63) is 60.2 Å². The minimum Gasteiger partial charge on any atom is -0.506 e. The Hall–Kier alpha value is -2.53. The van der Waals surface area contributed by atoms with Crippen molar-refractivity contribution in [2.75, 3.05) is 37.6 Å². The molecule has 1 atom stereocenters. The SMILES string of the molecule is C[C@@H](CCc1ccccc1)NC(=O)CN1CCN(c2ccccc2O)CC1. The first kappa shape index (κ1) is 19.2. The number of anilines is 1. The molecule has 1 heterocycles. The molecule has 1 saturated heterocycles. The predicted molar refractivity (Wildman–Crippen MR) is 109 cm³/mol. The van der Waals surface area contributed by atoms with Crippen LogP contribution in [0.4, 0.5) is 5.69 Å². The van der Waals surface area contributed by atoms with Crippen molar-refractivity contribution in [3.8, 4) is 5.75 Å². The van der Waals surface area contributed by atoms with Gasteiger partial charge in [-0.3, -0.25) is 9.69 Å². The van der Waals surface area contributed by atoms with Gasteiger partial charge in [-0.05, 0) is 37.5 Å². The zero-order valence-electron chi connectivity index (χ0n) is 16.0. The Balaban J connectivity index is 1.38. The maximum absolute atomic E-state index is 12.3. The number of phenols is 1. The second-order valence-electron chi connectivity index (χ2n) is 7.24. The Bertz CT molecular complexity index is 727. The molecule has 0 radical (unpaired) electrons. The number of piperazine rings is 1. The van der Waals surface area contributed by atoms with Crippen LogP contribution in [-0.4, -0.2) is 54.7 Å². The first-order chi connectivity index (χ1) is 13.1. The lowest BCUT2D eigenvalue weighted by Gasteiger charge is -2.36. The van der Waals surface area contributed by atoms with Gasteiger partial charge in [0.25, 0.3) is 0 Å². The summed E-state index contributed by atoms with van der Waals surface area (Å²) >= 11 is 0. The van der Waals surface area contributed by atoms with Crippen molar-refractivity contribution in [3.63, 3.8) is 0 Å². The van der Waals surface area contributed by atoms with Crippen molar-refractivity contribution < 1.29 is 9.90 Å². The number of phenolic OH excluding ortho intramolecular Hbond substituents is 1. The molecule has 0 spiro atoms. The van der Waals surface area contributed by atoms with Crippen LogP contribution in [0.25, 0.3) is 0 Å². The number of aromatic hydroxyl groups is 1. The Morgan fingerprint density at radius 2 is 1.70 bits per heavy atom. The highest BCUT2D eigenvalue weighted by Gasteiger charge is 2.21. The molecule has 2 N–H and O–H groups in total. The highest BCUT2D eigenvalue weighted by molar-refractivity contribution is 5.78. The quantitative estimate of drug-likeness (QED) is 0.790. The molecular formula is C22H29N3O2. The molecule has 0 saturated carbocycles. The fraction of sp³-hybridized carbons (Fsp3) is 0.409. The highest BCUT2D eigenvalue weighted by Crippen LogP contribution is 2.27. The molecule has 5 heteroatoms. The van der Waals surface area contributed by atoms with Crippen molar-refractivity contribution in [2.45, 2.75) is 25.8 Å². The van der Waals surface area contributed by atoms with Gasteiger partial charge in [0.1, 0.15) is 5.75 Å². The van der Waals surface area contributed by atoms with Gasteiger partial charge in [-0.15, -0.1) is 0 Å². The molecule has 0 bridgehead atoms. The van der Waals surface area contributed by atoms with Gasteiger partial charge in [-0.2, -0.15) is 0 Å². The number of nitrogens with one attached hydrogen (secondary N) is 1. The summed E-state index contributed by atoms with van der Waals surface area (Å²) in [6.45, 7) is 5.77. The number of carbonyl (C=O) groups is 1. The monoisotopic (exact) mass is 367 g/mol. The molecule has 1 aliphatic heterocycles. The zero-order chi connectivity index (χ0) is 19.1.